The van der Waals surface area contributed by atoms with Gasteiger partial charge in [-0.05, 0) is 99.7 Å². The van der Waals surface area contributed by atoms with Gasteiger partial charge in [-0.25, -0.2) is 8.42 Å². The lowest BCUT2D eigenvalue weighted by Gasteiger charge is -2.32. The van der Waals surface area contributed by atoms with Crippen LogP contribution < -0.4 is 19.1 Å². The predicted molar refractivity (Wildman–Crippen MR) is 171 cm³/mol. The van der Waals surface area contributed by atoms with Gasteiger partial charge in [0.25, 0.3) is 10.0 Å². The summed E-state index contributed by atoms with van der Waals surface area (Å²) < 4.78 is 40.1. The number of ether oxygens (including phenoxy) is 2. The summed E-state index contributed by atoms with van der Waals surface area (Å²) in [6.45, 7) is 7.36. The molecule has 2 unspecified atom stereocenters. The molecular formula is C32H41N3O6S2. The van der Waals surface area contributed by atoms with Gasteiger partial charge in [0.05, 0.1) is 24.3 Å². The first-order chi connectivity index (χ1) is 20.5. The van der Waals surface area contributed by atoms with E-state index in [2.05, 4.69) is 5.32 Å². The zero-order valence-electron chi connectivity index (χ0n) is 25.6. The van der Waals surface area contributed by atoms with Crippen molar-refractivity contribution in [3.05, 3.63) is 78.4 Å². The molecule has 3 aromatic rings. The first-order valence-electron chi connectivity index (χ1n) is 14.2. The zero-order valence-corrected chi connectivity index (χ0v) is 27.2. The van der Waals surface area contributed by atoms with Crippen molar-refractivity contribution >= 4 is 39.3 Å². The Bertz CT molecular complexity index is 1460. The third-order valence-electron chi connectivity index (χ3n) is 7.02. The first-order valence-corrected chi connectivity index (χ1v) is 16.8. The predicted octanol–water partition coefficient (Wildman–Crippen LogP) is 5.34. The second-order valence-corrected chi connectivity index (χ2v) is 12.7. The van der Waals surface area contributed by atoms with E-state index in [1.807, 2.05) is 33.1 Å². The normalized spacial score (nSPS) is 12.6. The Hall–Kier alpha value is -3.70. The molecule has 0 bridgehead atoms. The lowest BCUT2D eigenvalue weighted by atomic mass is 10.1. The monoisotopic (exact) mass is 627 g/mol. The Morgan fingerprint density at radius 3 is 2.21 bits per heavy atom. The third kappa shape index (κ3) is 8.90. The van der Waals surface area contributed by atoms with Crippen molar-refractivity contribution in [2.24, 2.45) is 0 Å². The Morgan fingerprint density at radius 1 is 0.953 bits per heavy atom. The highest BCUT2D eigenvalue weighted by Gasteiger charge is 2.33. The molecule has 0 aliphatic carbocycles. The molecule has 0 aromatic heterocycles. The van der Waals surface area contributed by atoms with Crippen LogP contribution >= 0.6 is 11.8 Å². The van der Waals surface area contributed by atoms with Gasteiger partial charge in [-0.2, -0.15) is 0 Å². The number of nitrogens with one attached hydrogen (secondary N) is 1. The summed E-state index contributed by atoms with van der Waals surface area (Å²) in [4.78, 5) is 29.7. The maximum Gasteiger partial charge on any atom is 0.264 e. The molecule has 0 radical (unpaired) electrons. The number of carbonyl (C=O) groups excluding carboxylic acids is 2. The van der Waals surface area contributed by atoms with Crippen LogP contribution in [0.2, 0.25) is 0 Å². The number of thioether (sulfide) groups is 1. The van der Waals surface area contributed by atoms with Crippen molar-refractivity contribution in [2.75, 3.05) is 30.8 Å². The van der Waals surface area contributed by atoms with E-state index in [1.165, 1.54) is 28.8 Å². The molecule has 43 heavy (non-hydrogen) atoms. The van der Waals surface area contributed by atoms with Crippen LogP contribution in [-0.2, 0) is 26.2 Å². The zero-order chi connectivity index (χ0) is 31.6. The fourth-order valence-electron chi connectivity index (χ4n) is 4.29. The fourth-order valence-corrected chi connectivity index (χ4v) is 6.12. The van der Waals surface area contributed by atoms with Gasteiger partial charge in [0.1, 0.15) is 24.1 Å². The number of anilines is 1. The van der Waals surface area contributed by atoms with Gasteiger partial charge in [-0.1, -0.05) is 19.1 Å². The standard InChI is InChI=1S/C32H41N3O6S2/c1-7-23(3)33-32(37)24(4)34(21-25-10-9-11-28(20-25)40-5)31(36)22-35(26-12-14-27(15-13-26)41-8-2)43(38,39)30-18-16-29(42-6)17-19-30/h9-20,23-24H,7-8,21-22H2,1-6H3,(H,33,37). The van der Waals surface area contributed by atoms with Crippen LogP contribution in [0.3, 0.4) is 0 Å². The molecule has 1 N–H and O–H groups in total. The van der Waals surface area contributed by atoms with Gasteiger partial charge in [-0.3, -0.25) is 13.9 Å². The smallest absolute Gasteiger partial charge is 0.264 e. The molecular weight excluding hydrogens is 587 g/mol. The Labute approximate surface area is 259 Å². The first kappa shape index (κ1) is 33.8. The van der Waals surface area contributed by atoms with Crippen LogP contribution in [0.15, 0.2) is 82.6 Å². The molecule has 2 amide bonds. The van der Waals surface area contributed by atoms with Crippen LogP contribution in [0.5, 0.6) is 11.5 Å². The number of rotatable bonds is 15. The molecule has 2 atom stereocenters. The van der Waals surface area contributed by atoms with Crippen molar-refractivity contribution in [3.8, 4) is 11.5 Å². The Kier molecular flexibility index (Phi) is 12.3. The van der Waals surface area contributed by atoms with E-state index in [-0.39, 0.29) is 23.4 Å². The molecule has 232 valence electrons. The maximum atomic E-state index is 14.1. The average Bonchev–Trinajstić information content (AvgIpc) is 3.02. The van der Waals surface area contributed by atoms with Crippen molar-refractivity contribution in [1.82, 2.24) is 10.2 Å². The molecule has 3 aromatic carbocycles. The van der Waals surface area contributed by atoms with Crippen LogP contribution in [0, 0.1) is 0 Å². The SMILES string of the molecule is CCOc1ccc(N(CC(=O)N(Cc2cccc(OC)c2)C(C)C(=O)NC(C)CC)S(=O)(=O)c2ccc(SC)cc2)cc1. The molecule has 0 aliphatic rings. The molecule has 0 spiro atoms. The molecule has 9 nitrogen and oxygen atoms in total. The average molecular weight is 628 g/mol. The van der Waals surface area contributed by atoms with Gasteiger partial charge in [0.2, 0.25) is 11.8 Å². The number of hydrogen-bond donors (Lipinski definition) is 1. The van der Waals surface area contributed by atoms with Gasteiger partial charge < -0.3 is 19.7 Å². The topological polar surface area (TPSA) is 105 Å². The molecule has 0 heterocycles. The molecule has 11 heteroatoms. The van der Waals surface area contributed by atoms with E-state index >= 15 is 0 Å². The third-order valence-corrected chi connectivity index (χ3v) is 9.55. The van der Waals surface area contributed by atoms with E-state index in [0.717, 1.165) is 21.2 Å². The highest BCUT2D eigenvalue weighted by molar-refractivity contribution is 7.98. The van der Waals surface area contributed by atoms with Gasteiger partial charge in [-0.15, -0.1) is 11.8 Å². The summed E-state index contributed by atoms with van der Waals surface area (Å²) in [7, 11) is -2.62. The number of methoxy groups -OCH3 is 1. The number of hydrogen-bond acceptors (Lipinski definition) is 7. The second kappa shape index (κ2) is 15.7. The highest BCUT2D eigenvalue weighted by atomic mass is 32.2. The van der Waals surface area contributed by atoms with Crippen LogP contribution in [0.4, 0.5) is 5.69 Å². The molecule has 0 aliphatic heterocycles. The number of amides is 2. The van der Waals surface area contributed by atoms with Crippen molar-refractivity contribution in [3.63, 3.8) is 0 Å². The lowest BCUT2D eigenvalue weighted by Crippen LogP contribution is -2.52. The Balaban J connectivity index is 2.04. The summed E-state index contributed by atoms with van der Waals surface area (Å²) in [5, 5.41) is 2.94. The summed E-state index contributed by atoms with van der Waals surface area (Å²) in [5.41, 5.74) is 1.03. The molecule has 3 rings (SSSR count). The summed E-state index contributed by atoms with van der Waals surface area (Å²) in [6.07, 6.45) is 2.63. The number of carbonyl (C=O) groups is 2. The summed E-state index contributed by atoms with van der Waals surface area (Å²) in [5.74, 6) is 0.324. The summed E-state index contributed by atoms with van der Waals surface area (Å²) >= 11 is 1.50. The van der Waals surface area contributed by atoms with E-state index in [4.69, 9.17) is 9.47 Å². The van der Waals surface area contributed by atoms with Crippen LogP contribution in [-0.4, -0.2) is 63.7 Å². The van der Waals surface area contributed by atoms with Crippen molar-refractivity contribution in [2.45, 2.75) is 62.5 Å². The minimum atomic E-state index is -4.17. The quantitative estimate of drug-likeness (QED) is 0.227. The lowest BCUT2D eigenvalue weighted by molar-refractivity contribution is -0.139. The molecule has 0 saturated heterocycles. The highest BCUT2D eigenvalue weighted by Crippen LogP contribution is 2.28. The second-order valence-electron chi connectivity index (χ2n) is 9.98. The number of nitrogens with zero attached hydrogens (tertiary/aromatic N) is 2. The fraction of sp³-hybridized carbons (Fsp3) is 0.375. The van der Waals surface area contributed by atoms with Crippen molar-refractivity contribution < 1.29 is 27.5 Å². The maximum absolute atomic E-state index is 14.1. The minimum absolute atomic E-state index is 0.0499. The number of benzene rings is 3. The van der Waals surface area contributed by atoms with E-state index < -0.39 is 28.5 Å². The van der Waals surface area contributed by atoms with Crippen LogP contribution in [0.25, 0.3) is 0 Å². The van der Waals surface area contributed by atoms with Gasteiger partial charge in [0.15, 0.2) is 0 Å². The van der Waals surface area contributed by atoms with Gasteiger partial charge >= 0.3 is 0 Å². The summed E-state index contributed by atoms with van der Waals surface area (Å²) in [6, 6.07) is 19.3. The molecule has 0 fully saturated rings. The largest absolute Gasteiger partial charge is 0.497 e. The van der Waals surface area contributed by atoms with E-state index in [0.29, 0.717) is 23.8 Å². The van der Waals surface area contributed by atoms with E-state index in [9.17, 15) is 18.0 Å². The van der Waals surface area contributed by atoms with E-state index in [1.54, 1.807) is 68.6 Å². The Morgan fingerprint density at radius 2 is 1.63 bits per heavy atom. The van der Waals surface area contributed by atoms with Crippen LogP contribution in [0.1, 0.15) is 39.7 Å². The minimum Gasteiger partial charge on any atom is -0.497 e. The van der Waals surface area contributed by atoms with Crippen molar-refractivity contribution in [1.29, 1.82) is 0 Å². The number of sulfonamides is 1. The molecule has 0 saturated carbocycles. The van der Waals surface area contributed by atoms with Gasteiger partial charge in [0, 0.05) is 17.5 Å².